The van der Waals surface area contributed by atoms with E-state index < -0.39 is 0 Å². The number of rotatable bonds is 9. The zero-order valence-electron chi connectivity index (χ0n) is 18.5. The number of hydrogen-bond acceptors (Lipinski definition) is 4. The van der Waals surface area contributed by atoms with Crippen molar-refractivity contribution in [1.82, 2.24) is 25.4 Å². The first-order valence-corrected chi connectivity index (χ1v) is 10.3. The van der Waals surface area contributed by atoms with Crippen molar-refractivity contribution >= 4 is 35.6 Å². The standard InChI is InChI=1S/C23H31N7.HI/c1-19-27-28-22(30(19)3)18-26-23(25-17-20-11-6-4-7-12-20)24-15-10-16-29(2)21-13-8-5-9-14-21;/h4-9,11-14H,10,15-18H2,1-3H3,(H2,24,25,26);1H. The molecule has 7 nitrogen and oxygen atoms in total. The number of anilines is 1. The van der Waals surface area contributed by atoms with Gasteiger partial charge in [0.15, 0.2) is 11.8 Å². The third kappa shape index (κ3) is 7.86. The fourth-order valence-electron chi connectivity index (χ4n) is 3.03. The van der Waals surface area contributed by atoms with Gasteiger partial charge in [0.2, 0.25) is 0 Å². The fraction of sp³-hybridized carbons (Fsp3) is 0.348. The fourth-order valence-corrected chi connectivity index (χ4v) is 3.03. The quantitative estimate of drug-likeness (QED) is 0.191. The molecule has 0 aliphatic carbocycles. The van der Waals surface area contributed by atoms with Crippen LogP contribution in [0, 0.1) is 6.92 Å². The Labute approximate surface area is 202 Å². The highest BCUT2D eigenvalue weighted by atomic mass is 127. The van der Waals surface area contributed by atoms with Gasteiger partial charge in [0.05, 0.1) is 13.1 Å². The van der Waals surface area contributed by atoms with Crippen LogP contribution in [0.15, 0.2) is 65.7 Å². The number of guanidine groups is 1. The molecule has 0 unspecified atom stereocenters. The van der Waals surface area contributed by atoms with Gasteiger partial charge in [-0.2, -0.15) is 0 Å². The third-order valence-corrected chi connectivity index (χ3v) is 5.02. The second-order valence-electron chi connectivity index (χ2n) is 7.26. The molecule has 166 valence electrons. The monoisotopic (exact) mass is 533 g/mol. The molecule has 0 fully saturated rings. The zero-order valence-corrected chi connectivity index (χ0v) is 20.8. The van der Waals surface area contributed by atoms with E-state index in [2.05, 4.69) is 69.2 Å². The molecule has 2 aromatic carbocycles. The number of aromatic nitrogens is 3. The molecule has 8 heteroatoms. The number of aryl methyl sites for hydroxylation is 1. The Morgan fingerprint density at radius 3 is 2.32 bits per heavy atom. The minimum atomic E-state index is 0. The molecule has 3 rings (SSSR count). The maximum Gasteiger partial charge on any atom is 0.191 e. The predicted molar refractivity (Wildman–Crippen MR) is 138 cm³/mol. The van der Waals surface area contributed by atoms with Crippen LogP contribution in [-0.2, 0) is 20.1 Å². The van der Waals surface area contributed by atoms with E-state index in [9.17, 15) is 0 Å². The lowest BCUT2D eigenvalue weighted by molar-refractivity contribution is 0.697. The molecule has 0 atom stereocenters. The molecular weight excluding hydrogens is 501 g/mol. The Morgan fingerprint density at radius 2 is 1.68 bits per heavy atom. The van der Waals surface area contributed by atoms with E-state index in [4.69, 9.17) is 4.99 Å². The average molecular weight is 533 g/mol. The van der Waals surface area contributed by atoms with Gasteiger partial charge in [0.1, 0.15) is 5.82 Å². The van der Waals surface area contributed by atoms with Gasteiger partial charge in [-0.1, -0.05) is 48.5 Å². The Kier molecular flexibility index (Phi) is 10.3. The molecule has 0 bridgehead atoms. The van der Waals surface area contributed by atoms with Crippen LogP contribution >= 0.6 is 24.0 Å². The SMILES string of the molecule is Cc1nnc(CNC(=NCc2ccccc2)NCCCN(C)c2ccccc2)n1C.I. The Balaban J connectivity index is 0.00000341. The van der Waals surface area contributed by atoms with Crippen LogP contribution in [0.4, 0.5) is 5.69 Å². The highest BCUT2D eigenvalue weighted by Crippen LogP contribution is 2.10. The van der Waals surface area contributed by atoms with Gasteiger partial charge in [-0.25, -0.2) is 4.99 Å². The summed E-state index contributed by atoms with van der Waals surface area (Å²) >= 11 is 0. The zero-order chi connectivity index (χ0) is 21.2. The first kappa shape index (κ1) is 24.6. The summed E-state index contributed by atoms with van der Waals surface area (Å²) < 4.78 is 1.98. The van der Waals surface area contributed by atoms with Crippen LogP contribution in [0.2, 0.25) is 0 Å². The van der Waals surface area contributed by atoms with E-state index in [1.54, 1.807) is 0 Å². The van der Waals surface area contributed by atoms with Gasteiger partial charge in [0, 0.05) is 32.9 Å². The number of hydrogen-bond donors (Lipinski definition) is 2. The van der Waals surface area contributed by atoms with E-state index >= 15 is 0 Å². The van der Waals surface area contributed by atoms with Crippen LogP contribution in [0.25, 0.3) is 0 Å². The number of nitrogens with zero attached hydrogens (tertiary/aromatic N) is 5. The molecule has 0 saturated heterocycles. The lowest BCUT2D eigenvalue weighted by Crippen LogP contribution is -2.39. The van der Waals surface area contributed by atoms with Gasteiger partial charge >= 0.3 is 0 Å². The summed E-state index contributed by atoms with van der Waals surface area (Å²) in [4.78, 5) is 7.01. The van der Waals surface area contributed by atoms with Gasteiger partial charge in [-0.05, 0) is 31.0 Å². The minimum Gasteiger partial charge on any atom is -0.375 e. The highest BCUT2D eigenvalue weighted by molar-refractivity contribution is 14.0. The molecule has 0 aliphatic rings. The molecule has 0 aliphatic heterocycles. The van der Waals surface area contributed by atoms with Crippen molar-refractivity contribution < 1.29 is 0 Å². The molecule has 1 heterocycles. The van der Waals surface area contributed by atoms with E-state index in [0.717, 1.165) is 37.1 Å². The Morgan fingerprint density at radius 1 is 1.00 bits per heavy atom. The van der Waals surface area contributed by atoms with Crippen molar-refractivity contribution in [3.63, 3.8) is 0 Å². The van der Waals surface area contributed by atoms with Crippen molar-refractivity contribution in [2.45, 2.75) is 26.4 Å². The van der Waals surface area contributed by atoms with E-state index in [-0.39, 0.29) is 24.0 Å². The topological polar surface area (TPSA) is 70.4 Å². The second-order valence-corrected chi connectivity index (χ2v) is 7.26. The lowest BCUT2D eigenvalue weighted by Gasteiger charge is -2.19. The van der Waals surface area contributed by atoms with E-state index in [1.807, 2.05) is 42.8 Å². The molecule has 0 radical (unpaired) electrons. The van der Waals surface area contributed by atoms with Crippen molar-refractivity contribution in [3.05, 3.63) is 77.9 Å². The average Bonchev–Trinajstić information content (AvgIpc) is 3.11. The highest BCUT2D eigenvalue weighted by Gasteiger charge is 2.07. The van der Waals surface area contributed by atoms with Gasteiger partial charge in [-0.3, -0.25) is 0 Å². The number of benzene rings is 2. The minimum absolute atomic E-state index is 0. The first-order chi connectivity index (χ1) is 14.6. The van der Waals surface area contributed by atoms with Gasteiger partial charge < -0.3 is 20.1 Å². The molecule has 2 N–H and O–H groups in total. The van der Waals surface area contributed by atoms with Crippen molar-refractivity contribution in [2.75, 3.05) is 25.0 Å². The van der Waals surface area contributed by atoms with Crippen LogP contribution < -0.4 is 15.5 Å². The van der Waals surface area contributed by atoms with Crippen molar-refractivity contribution in [1.29, 1.82) is 0 Å². The number of aliphatic imine (C=N–C) groups is 1. The molecule has 0 saturated carbocycles. The molecule has 31 heavy (non-hydrogen) atoms. The molecule has 1 aromatic heterocycles. The van der Waals surface area contributed by atoms with Crippen LogP contribution in [0.5, 0.6) is 0 Å². The summed E-state index contributed by atoms with van der Waals surface area (Å²) in [5, 5.41) is 15.2. The molecular formula is C23H32IN7. The van der Waals surface area contributed by atoms with E-state index in [1.165, 1.54) is 11.3 Å². The molecule has 3 aromatic rings. The maximum absolute atomic E-state index is 4.74. The van der Waals surface area contributed by atoms with Crippen molar-refractivity contribution in [2.24, 2.45) is 12.0 Å². The number of nitrogens with one attached hydrogen (secondary N) is 2. The largest absolute Gasteiger partial charge is 0.375 e. The molecule has 0 spiro atoms. The summed E-state index contributed by atoms with van der Waals surface area (Å²) in [6.45, 7) is 4.93. The van der Waals surface area contributed by atoms with Gasteiger partial charge in [-0.15, -0.1) is 34.2 Å². The summed E-state index contributed by atoms with van der Waals surface area (Å²) in [7, 11) is 4.09. The van der Waals surface area contributed by atoms with Crippen LogP contribution in [-0.4, -0.2) is 40.9 Å². The Hall–Kier alpha value is -2.62. The normalized spacial score (nSPS) is 11.0. The predicted octanol–water partition coefficient (Wildman–Crippen LogP) is 3.50. The summed E-state index contributed by atoms with van der Waals surface area (Å²) in [5.74, 6) is 2.55. The number of halogens is 1. The second kappa shape index (κ2) is 12.9. The summed E-state index contributed by atoms with van der Waals surface area (Å²) in [6.07, 6.45) is 1.00. The summed E-state index contributed by atoms with van der Waals surface area (Å²) in [5.41, 5.74) is 2.41. The first-order valence-electron chi connectivity index (χ1n) is 10.3. The number of para-hydroxylation sites is 1. The Bertz CT molecular complexity index is 926. The summed E-state index contributed by atoms with van der Waals surface area (Å²) in [6, 6.07) is 20.7. The van der Waals surface area contributed by atoms with Crippen LogP contribution in [0.1, 0.15) is 23.6 Å². The van der Waals surface area contributed by atoms with Gasteiger partial charge in [0.25, 0.3) is 0 Å². The van der Waals surface area contributed by atoms with E-state index in [0.29, 0.717) is 13.1 Å². The molecule has 0 amide bonds. The smallest absolute Gasteiger partial charge is 0.191 e. The lowest BCUT2D eigenvalue weighted by atomic mass is 10.2. The van der Waals surface area contributed by atoms with Crippen LogP contribution in [0.3, 0.4) is 0 Å². The maximum atomic E-state index is 4.74. The van der Waals surface area contributed by atoms with Crippen molar-refractivity contribution in [3.8, 4) is 0 Å². The third-order valence-electron chi connectivity index (χ3n) is 5.02.